The minimum atomic E-state index is -0.242. The summed E-state index contributed by atoms with van der Waals surface area (Å²) in [4.78, 5) is 20.4. The Morgan fingerprint density at radius 2 is 2.00 bits per heavy atom. The van der Waals surface area contributed by atoms with Gasteiger partial charge in [0.25, 0.3) is 5.91 Å². The molecule has 3 aromatic rings. The van der Waals surface area contributed by atoms with Crippen LogP contribution in [0, 0.1) is 0 Å². The van der Waals surface area contributed by atoms with Crippen LogP contribution < -0.4 is 11.1 Å². The van der Waals surface area contributed by atoms with Gasteiger partial charge in [0, 0.05) is 36.2 Å². The number of hydrogen-bond donors (Lipinski definition) is 2. The number of nitrogens with zero attached hydrogens (tertiary/aromatic N) is 2. The van der Waals surface area contributed by atoms with E-state index in [2.05, 4.69) is 15.3 Å². The Labute approximate surface area is 121 Å². The van der Waals surface area contributed by atoms with E-state index in [1.807, 2.05) is 30.3 Å². The van der Waals surface area contributed by atoms with E-state index in [9.17, 15) is 4.79 Å². The van der Waals surface area contributed by atoms with Gasteiger partial charge in [-0.2, -0.15) is 0 Å². The molecule has 104 valence electrons. The van der Waals surface area contributed by atoms with Crippen molar-refractivity contribution in [3.05, 3.63) is 66.1 Å². The number of nitrogens with one attached hydrogen (secondary N) is 1. The monoisotopic (exact) mass is 278 g/mol. The lowest BCUT2D eigenvalue weighted by Crippen LogP contribution is -2.24. The van der Waals surface area contributed by atoms with Crippen LogP contribution >= 0.6 is 0 Å². The van der Waals surface area contributed by atoms with Crippen molar-refractivity contribution < 1.29 is 4.79 Å². The zero-order chi connectivity index (χ0) is 14.7. The van der Waals surface area contributed by atoms with E-state index in [-0.39, 0.29) is 5.91 Å². The number of pyridine rings is 2. The van der Waals surface area contributed by atoms with Gasteiger partial charge in [0.05, 0.1) is 11.1 Å². The lowest BCUT2D eigenvalue weighted by Gasteiger charge is -2.08. The number of carbonyl (C=O) groups excluding carboxylic acids is 1. The van der Waals surface area contributed by atoms with E-state index in [0.29, 0.717) is 17.8 Å². The summed E-state index contributed by atoms with van der Waals surface area (Å²) >= 11 is 0. The Balaban J connectivity index is 1.81. The number of nitrogen functional groups attached to an aromatic ring is 1. The number of amides is 1. The zero-order valence-corrected chi connectivity index (χ0v) is 11.3. The standard InChI is InChI=1S/C16H14N4O/c17-14-6-8-18-10-13(14)16(21)20-9-12-4-1-3-11-5-2-7-19-15(11)12/h1-8,10H,9H2,(H2,17,18)(H,20,21). The molecule has 0 aliphatic rings. The topological polar surface area (TPSA) is 80.9 Å². The molecule has 5 heteroatoms. The molecule has 2 aromatic heterocycles. The number of carbonyl (C=O) groups is 1. The maximum Gasteiger partial charge on any atom is 0.255 e. The summed E-state index contributed by atoms with van der Waals surface area (Å²) in [6, 6.07) is 11.4. The van der Waals surface area contributed by atoms with Crippen LogP contribution in [-0.2, 0) is 6.54 Å². The van der Waals surface area contributed by atoms with Gasteiger partial charge in [0.2, 0.25) is 0 Å². The lowest BCUT2D eigenvalue weighted by atomic mass is 10.1. The summed E-state index contributed by atoms with van der Waals surface area (Å²) < 4.78 is 0. The number of para-hydroxylation sites is 1. The Morgan fingerprint density at radius 1 is 1.14 bits per heavy atom. The van der Waals surface area contributed by atoms with Gasteiger partial charge in [0.1, 0.15) is 0 Å². The molecule has 1 aromatic carbocycles. The van der Waals surface area contributed by atoms with Gasteiger partial charge in [-0.25, -0.2) is 0 Å². The maximum absolute atomic E-state index is 12.1. The van der Waals surface area contributed by atoms with Crippen molar-refractivity contribution in [3.8, 4) is 0 Å². The fourth-order valence-electron chi connectivity index (χ4n) is 2.18. The van der Waals surface area contributed by atoms with E-state index in [1.54, 1.807) is 18.5 Å². The Kier molecular flexibility index (Phi) is 3.47. The molecule has 3 N–H and O–H groups in total. The quantitative estimate of drug-likeness (QED) is 0.769. The molecular weight excluding hydrogens is 264 g/mol. The number of hydrogen-bond acceptors (Lipinski definition) is 4. The Hall–Kier alpha value is -2.95. The van der Waals surface area contributed by atoms with Crippen molar-refractivity contribution in [2.24, 2.45) is 0 Å². The molecule has 0 unspecified atom stereocenters. The number of benzene rings is 1. The molecule has 3 rings (SSSR count). The minimum Gasteiger partial charge on any atom is -0.398 e. The van der Waals surface area contributed by atoms with Crippen LogP contribution in [0.25, 0.3) is 10.9 Å². The summed E-state index contributed by atoms with van der Waals surface area (Å²) in [7, 11) is 0. The van der Waals surface area contributed by atoms with E-state index in [1.165, 1.54) is 6.20 Å². The van der Waals surface area contributed by atoms with Gasteiger partial charge in [-0.05, 0) is 17.7 Å². The van der Waals surface area contributed by atoms with Gasteiger partial charge in [-0.1, -0.05) is 24.3 Å². The van der Waals surface area contributed by atoms with Crippen LogP contribution in [0.3, 0.4) is 0 Å². The zero-order valence-electron chi connectivity index (χ0n) is 11.3. The molecule has 5 nitrogen and oxygen atoms in total. The largest absolute Gasteiger partial charge is 0.398 e. The Morgan fingerprint density at radius 3 is 2.86 bits per heavy atom. The fourth-order valence-corrected chi connectivity index (χ4v) is 2.18. The van der Waals surface area contributed by atoms with Gasteiger partial charge in [-0.15, -0.1) is 0 Å². The van der Waals surface area contributed by atoms with E-state index in [4.69, 9.17) is 5.73 Å². The summed E-state index contributed by atoms with van der Waals surface area (Å²) in [5.74, 6) is -0.242. The molecule has 0 saturated heterocycles. The van der Waals surface area contributed by atoms with Gasteiger partial charge >= 0.3 is 0 Å². The first-order chi connectivity index (χ1) is 10.3. The van der Waals surface area contributed by atoms with Crippen LogP contribution in [-0.4, -0.2) is 15.9 Å². The number of aromatic nitrogens is 2. The number of rotatable bonds is 3. The van der Waals surface area contributed by atoms with Crippen molar-refractivity contribution in [3.63, 3.8) is 0 Å². The van der Waals surface area contributed by atoms with Crippen LogP contribution in [0.15, 0.2) is 55.0 Å². The SMILES string of the molecule is Nc1ccncc1C(=O)NCc1cccc2cccnc12. The van der Waals surface area contributed by atoms with Gasteiger partial charge < -0.3 is 11.1 Å². The lowest BCUT2D eigenvalue weighted by molar-refractivity contribution is 0.0951. The van der Waals surface area contributed by atoms with Crippen LogP contribution in [0.2, 0.25) is 0 Å². The summed E-state index contributed by atoms with van der Waals surface area (Å²) in [5.41, 5.74) is 8.41. The third kappa shape index (κ3) is 2.67. The number of fused-ring (bicyclic) bond motifs is 1. The highest BCUT2D eigenvalue weighted by molar-refractivity contribution is 5.98. The second-order valence-corrected chi connectivity index (χ2v) is 4.64. The van der Waals surface area contributed by atoms with Gasteiger partial charge in [0.15, 0.2) is 0 Å². The number of nitrogens with two attached hydrogens (primary N) is 1. The first kappa shape index (κ1) is 13.1. The van der Waals surface area contributed by atoms with Gasteiger partial charge in [-0.3, -0.25) is 14.8 Å². The molecule has 0 saturated carbocycles. The molecule has 0 radical (unpaired) electrons. The normalized spacial score (nSPS) is 10.5. The summed E-state index contributed by atoms with van der Waals surface area (Å²) in [5, 5.41) is 3.90. The van der Waals surface area contributed by atoms with Crippen molar-refractivity contribution in [2.45, 2.75) is 6.54 Å². The summed E-state index contributed by atoms with van der Waals surface area (Å²) in [6.07, 6.45) is 4.76. The smallest absolute Gasteiger partial charge is 0.255 e. The molecule has 0 aliphatic carbocycles. The predicted octanol–water partition coefficient (Wildman–Crippen LogP) is 2.14. The highest BCUT2D eigenvalue weighted by atomic mass is 16.1. The maximum atomic E-state index is 12.1. The third-order valence-corrected chi connectivity index (χ3v) is 3.26. The molecular formula is C16H14N4O. The second kappa shape index (κ2) is 5.58. The van der Waals surface area contributed by atoms with Crippen LogP contribution in [0.5, 0.6) is 0 Å². The van der Waals surface area contributed by atoms with E-state index in [0.717, 1.165) is 16.5 Å². The highest BCUT2D eigenvalue weighted by Gasteiger charge is 2.10. The average molecular weight is 278 g/mol. The van der Waals surface area contributed by atoms with Crippen LogP contribution in [0.4, 0.5) is 5.69 Å². The minimum absolute atomic E-state index is 0.242. The average Bonchev–Trinajstić information content (AvgIpc) is 2.53. The van der Waals surface area contributed by atoms with E-state index >= 15 is 0 Å². The fraction of sp³-hybridized carbons (Fsp3) is 0.0625. The predicted molar refractivity (Wildman–Crippen MR) is 81.6 cm³/mol. The molecule has 0 aliphatic heterocycles. The molecule has 0 bridgehead atoms. The molecule has 0 fully saturated rings. The van der Waals surface area contributed by atoms with Crippen LogP contribution in [0.1, 0.15) is 15.9 Å². The second-order valence-electron chi connectivity index (χ2n) is 4.64. The first-order valence-electron chi connectivity index (χ1n) is 6.56. The highest BCUT2D eigenvalue weighted by Crippen LogP contribution is 2.16. The molecule has 21 heavy (non-hydrogen) atoms. The first-order valence-corrected chi connectivity index (χ1v) is 6.56. The van der Waals surface area contributed by atoms with Crippen molar-refractivity contribution >= 4 is 22.5 Å². The third-order valence-electron chi connectivity index (χ3n) is 3.26. The summed E-state index contributed by atoms with van der Waals surface area (Å²) in [6.45, 7) is 0.390. The van der Waals surface area contributed by atoms with Crippen molar-refractivity contribution in [1.29, 1.82) is 0 Å². The molecule has 0 spiro atoms. The van der Waals surface area contributed by atoms with Crippen molar-refractivity contribution in [2.75, 3.05) is 5.73 Å². The number of anilines is 1. The molecule has 1 amide bonds. The van der Waals surface area contributed by atoms with E-state index < -0.39 is 0 Å². The van der Waals surface area contributed by atoms with Crippen molar-refractivity contribution in [1.82, 2.24) is 15.3 Å². The molecule has 0 atom stereocenters. The Bertz CT molecular complexity index is 796. The molecule has 2 heterocycles.